The molecule has 8 nitrogen and oxygen atoms in total. The molecular weight excluding hydrogens is 440 g/mol. The van der Waals surface area contributed by atoms with Gasteiger partial charge in [-0.05, 0) is 68.7 Å². The fourth-order valence-corrected chi connectivity index (χ4v) is 3.54. The monoisotopic (exact) mass is 470 g/mol. The van der Waals surface area contributed by atoms with Crippen molar-refractivity contribution in [3.63, 3.8) is 0 Å². The van der Waals surface area contributed by atoms with Crippen molar-refractivity contribution in [1.82, 2.24) is 15.1 Å². The summed E-state index contributed by atoms with van der Waals surface area (Å²) < 4.78 is 10.8. The van der Waals surface area contributed by atoms with Gasteiger partial charge in [0.15, 0.2) is 5.11 Å². The van der Waals surface area contributed by atoms with E-state index in [9.17, 15) is 9.59 Å². The van der Waals surface area contributed by atoms with Crippen molar-refractivity contribution in [2.75, 3.05) is 58.4 Å². The van der Waals surface area contributed by atoms with E-state index >= 15 is 0 Å². The van der Waals surface area contributed by atoms with Gasteiger partial charge in [-0.1, -0.05) is 6.07 Å². The van der Waals surface area contributed by atoms with Crippen LogP contribution in [0.25, 0.3) is 0 Å². The molecule has 0 unspecified atom stereocenters. The summed E-state index contributed by atoms with van der Waals surface area (Å²) in [6.07, 6.45) is 0. The van der Waals surface area contributed by atoms with E-state index in [2.05, 4.69) is 15.5 Å². The van der Waals surface area contributed by atoms with Crippen LogP contribution in [0.5, 0.6) is 5.75 Å². The van der Waals surface area contributed by atoms with Gasteiger partial charge in [0.25, 0.3) is 11.8 Å². The highest BCUT2D eigenvalue weighted by molar-refractivity contribution is 7.80. The van der Waals surface area contributed by atoms with Gasteiger partial charge in [-0.3, -0.25) is 14.9 Å². The van der Waals surface area contributed by atoms with Gasteiger partial charge in [-0.2, -0.15) is 0 Å². The minimum atomic E-state index is -0.335. The number of carbonyl (C=O) groups excluding carboxylic acids is 2. The van der Waals surface area contributed by atoms with Crippen LogP contribution in [0.1, 0.15) is 27.6 Å². The van der Waals surface area contributed by atoms with Gasteiger partial charge in [0.1, 0.15) is 12.4 Å². The third kappa shape index (κ3) is 7.52. The van der Waals surface area contributed by atoms with Crippen molar-refractivity contribution in [3.8, 4) is 5.75 Å². The Kier molecular flexibility index (Phi) is 9.17. The predicted molar refractivity (Wildman–Crippen MR) is 132 cm³/mol. The Labute approximate surface area is 199 Å². The number of thiocarbonyl (C=S) groups is 1. The second kappa shape index (κ2) is 12.3. The number of hydrogen-bond acceptors (Lipinski definition) is 6. The lowest BCUT2D eigenvalue weighted by molar-refractivity contribution is 0.0664. The Hall–Kier alpha value is -3.01. The molecule has 0 bridgehead atoms. The van der Waals surface area contributed by atoms with Crippen LogP contribution in [0, 0.1) is 0 Å². The smallest absolute Gasteiger partial charge is 0.257 e. The number of piperazine rings is 1. The second-order valence-electron chi connectivity index (χ2n) is 7.65. The summed E-state index contributed by atoms with van der Waals surface area (Å²) in [5.41, 5.74) is 1.67. The van der Waals surface area contributed by atoms with Crippen molar-refractivity contribution < 1.29 is 19.1 Å². The highest BCUT2D eigenvalue weighted by atomic mass is 32.1. The van der Waals surface area contributed by atoms with E-state index in [1.807, 2.05) is 18.9 Å². The number of carbonyl (C=O) groups is 2. The number of benzene rings is 2. The average molecular weight is 471 g/mol. The number of nitrogens with one attached hydrogen (secondary N) is 2. The quantitative estimate of drug-likeness (QED) is 0.453. The summed E-state index contributed by atoms with van der Waals surface area (Å²) in [6, 6.07) is 13.9. The maximum atomic E-state index is 12.8. The van der Waals surface area contributed by atoms with E-state index in [1.54, 1.807) is 48.5 Å². The maximum absolute atomic E-state index is 12.8. The van der Waals surface area contributed by atoms with E-state index in [1.165, 1.54) is 0 Å². The second-order valence-corrected chi connectivity index (χ2v) is 8.06. The number of likely N-dealkylation sites (N-methyl/N-ethyl adjacent to an activating group) is 1. The Morgan fingerprint density at radius 1 is 1.00 bits per heavy atom. The molecule has 9 heteroatoms. The molecule has 0 saturated carbocycles. The molecule has 1 aliphatic rings. The third-order valence-corrected chi connectivity index (χ3v) is 5.41. The molecule has 2 N–H and O–H groups in total. The van der Waals surface area contributed by atoms with Crippen LogP contribution in [0.3, 0.4) is 0 Å². The van der Waals surface area contributed by atoms with Crippen LogP contribution in [-0.2, 0) is 4.74 Å². The first-order valence-electron chi connectivity index (χ1n) is 11.0. The molecule has 1 aliphatic heterocycles. The number of rotatable bonds is 8. The van der Waals surface area contributed by atoms with Crippen molar-refractivity contribution in [1.29, 1.82) is 0 Å². The number of amides is 2. The highest BCUT2D eigenvalue weighted by Crippen LogP contribution is 2.15. The number of hydrogen-bond donors (Lipinski definition) is 2. The molecule has 0 atom stereocenters. The molecule has 1 fully saturated rings. The molecule has 1 heterocycles. The zero-order valence-electron chi connectivity index (χ0n) is 19.0. The first-order valence-corrected chi connectivity index (χ1v) is 11.4. The summed E-state index contributed by atoms with van der Waals surface area (Å²) in [6.45, 7) is 6.67. The zero-order chi connectivity index (χ0) is 23.6. The largest absolute Gasteiger partial charge is 0.491 e. The summed E-state index contributed by atoms with van der Waals surface area (Å²) in [4.78, 5) is 29.3. The number of ether oxygens (including phenoxy) is 2. The van der Waals surface area contributed by atoms with Crippen LogP contribution < -0.4 is 15.4 Å². The summed E-state index contributed by atoms with van der Waals surface area (Å²) in [7, 11) is 2.05. The molecule has 3 rings (SSSR count). The van der Waals surface area contributed by atoms with Gasteiger partial charge >= 0.3 is 0 Å². The van der Waals surface area contributed by atoms with Crippen molar-refractivity contribution in [3.05, 3.63) is 59.7 Å². The molecule has 2 aromatic rings. The van der Waals surface area contributed by atoms with Gasteiger partial charge in [-0.25, -0.2) is 0 Å². The van der Waals surface area contributed by atoms with E-state index in [0.717, 1.165) is 13.1 Å². The Morgan fingerprint density at radius 2 is 1.73 bits per heavy atom. The average Bonchev–Trinajstić information content (AvgIpc) is 2.82. The lowest BCUT2D eigenvalue weighted by Gasteiger charge is -2.32. The van der Waals surface area contributed by atoms with E-state index in [4.69, 9.17) is 21.7 Å². The molecule has 176 valence electrons. The molecule has 2 amide bonds. The summed E-state index contributed by atoms with van der Waals surface area (Å²) in [5, 5.41) is 5.80. The zero-order valence-corrected chi connectivity index (χ0v) is 19.8. The standard InChI is InChI=1S/C24H30N4O4S/c1-3-31-15-16-32-21-9-7-18(8-10-21)22(29)26-24(33)25-20-6-4-5-19(17-20)23(30)28-13-11-27(2)12-14-28/h4-10,17H,3,11-16H2,1-2H3,(H2,25,26,29,33). The molecule has 1 saturated heterocycles. The minimum absolute atomic E-state index is 0.00901. The van der Waals surface area contributed by atoms with Crippen molar-refractivity contribution in [2.24, 2.45) is 0 Å². The molecule has 0 spiro atoms. The van der Waals surface area contributed by atoms with Crippen molar-refractivity contribution in [2.45, 2.75) is 6.92 Å². The van der Waals surface area contributed by atoms with E-state index in [-0.39, 0.29) is 16.9 Å². The van der Waals surface area contributed by atoms with Gasteiger partial charge in [0.2, 0.25) is 0 Å². The molecule has 2 aromatic carbocycles. The van der Waals surface area contributed by atoms with Crippen LogP contribution in [0.15, 0.2) is 48.5 Å². The normalized spacial score (nSPS) is 13.9. The third-order valence-electron chi connectivity index (χ3n) is 5.20. The highest BCUT2D eigenvalue weighted by Gasteiger charge is 2.20. The van der Waals surface area contributed by atoms with E-state index in [0.29, 0.717) is 55.5 Å². The lowest BCUT2D eigenvalue weighted by atomic mass is 10.1. The fourth-order valence-electron chi connectivity index (χ4n) is 3.33. The summed E-state index contributed by atoms with van der Waals surface area (Å²) in [5.74, 6) is 0.317. The molecule has 33 heavy (non-hydrogen) atoms. The van der Waals surface area contributed by atoms with Gasteiger partial charge in [0, 0.05) is 49.6 Å². The van der Waals surface area contributed by atoms with Crippen LogP contribution in [0.4, 0.5) is 5.69 Å². The Balaban J connectivity index is 1.51. The summed E-state index contributed by atoms with van der Waals surface area (Å²) >= 11 is 5.28. The molecule has 0 aliphatic carbocycles. The lowest BCUT2D eigenvalue weighted by Crippen LogP contribution is -2.47. The maximum Gasteiger partial charge on any atom is 0.257 e. The number of nitrogens with zero attached hydrogens (tertiary/aromatic N) is 2. The van der Waals surface area contributed by atoms with Crippen LogP contribution in [0.2, 0.25) is 0 Å². The van der Waals surface area contributed by atoms with Gasteiger partial charge in [0.05, 0.1) is 6.61 Å². The molecule has 0 radical (unpaired) electrons. The Morgan fingerprint density at radius 3 is 2.42 bits per heavy atom. The first kappa shape index (κ1) is 24.6. The first-order chi connectivity index (χ1) is 16.0. The topological polar surface area (TPSA) is 83.1 Å². The van der Waals surface area contributed by atoms with Crippen LogP contribution in [-0.4, -0.2) is 79.8 Å². The Bertz CT molecular complexity index is 959. The number of anilines is 1. The fraction of sp³-hybridized carbons (Fsp3) is 0.375. The van der Waals surface area contributed by atoms with Crippen LogP contribution >= 0.6 is 12.2 Å². The molecular formula is C24H30N4O4S. The molecule has 0 aromatic heterocycles. The van der Waals surface area contributed by atoms with E-state index < -0.39 is 0 Å². The van der Waals surface area contributed by atoms with Gasteiger partial charge < -0.3 is 24.6 Å². The van der Waals surface area contributed by atoms with Gasteiger partial charge in [-0.15, -0.1) is 0 Å². The van der Waals surface area contributed by atoms with Crippen molar-refractivity contribution >= 4 is 34.8 Å². The predicted octanol–water partition coefficient (Wildman–Crippen LogP) is 2.62. The minimum Gasteiger partial charge on any atom is -0.491 e. The SMILES string of the molecule is CCOCCOc1ccc(C(=O)NC(=S)Nc2cccc(C(=O)N3CCN(C)CC3)c2)cc1.